The van der Waals surface area contributed by atoms with Crippen LogP contribution in [0.15, 0.2) is 30.3 Å². The second-order valence-electron chi connectivity index (χ2n) is 7.83. The lowest BCUT2D eigenvalue weighted by Crippen LogP contribution is -2.13. The van der Waals surface area contributed by atoms with Gasteiger partial charge >= 0.3 is 5.97 Å². The molecule has 168 valence electrons. The number of rotatable bonds is 7. The predicted octanol–water partition coefficient (Wildman–Crippen LogP) is 4.44. The number of aromatic nitrogens is 1. The maximum Gasteiger partial charge on any atom is 0.303 e. The maximum atomic E-state index is 11.5. The third-order valence-electron chi connectivity index (χ3n) is 6.15. The molecular formula is C25H27NO6. The minimum atomic E-state index is -0.852. The first-order chi connectivity index (χ1) is 15.4. The van der Waals surface area contributed by atoms with Crippen molar-refractivity contribution in [1.82, 2.24) is 4.57 Å². The van der Waals surface area contributed by atoms with Gasteiger partial charge in [-0.05, 0) is 60.7 Å². The average Bonchev–Trinajstić information content (AvgIpc) is 3.08. The Bertz CT molecular complexity index is 1190. The van der Waals surface area contributed by atoms with E-state index in [1.54, 1.807) is 26.4 Å². The molecule has 2 aromatic carbocycles. The molecule has 3 aromatic rings. The number of carbonyl (C=O) groups is 1. The van der Waals surface area contributed by atoms with Gasteiger partial charge in [-0.15, -0.1) is 0 Å². The molecule has 0 unspecified atom stereocenters. The van der Waals surface area contributed by atoms with Crippen LogP contribution in [0.4, 0.5) is 0 Å². The van der Waals surface area contributed by atoms with Crippen molar-refractivity contribution in [2.24, 2.45) is 0 Å². The van der Waals surface area contributed by atoms with E-state index in [1.807, 2.05) is 25.1 Å². The van der Waals surface area contributed by atoms with Crippen LogP contribution in [0.1, 0.15) is 23.2 Å². The van der Waals surface area contributed by atoms with E-state index in [0.717, 1.165) is 52.2 Å². The van der Waals surface area contributed by atoms with Crippen LogP contribution in [0.25, 0.3) is 22.4 Å². The molecule has 2 N–H and O–H groups in total. The number of hydrogen-bond donors (Lipinski definition) is 2. The lowest BCUT2D eigenvalue weighted by Gasteiger charge is -2.23. The van der Waals surface area contributed by atoms with Crippen LogP contribution in [0, 0.1) is 6.92 Å². The molecule has 7 nitrogen and oxygen atoms in total. The number of phenolic OH excluding ortho intramolecular Hbond substituents is 1. The highest BCUT2D eigenvalue weighted by atomic mass is 16.5. The van der Waals surface area contributed by atoms with Crippen molar-refractivity contribution >= 4 is 5.97 Å². The number of methoxy groups -OCH3 is 3. The Morgan fingerprint density at radius 1 is 1.03 bits per heavy atom. The zero-order valence-corrected chi connectivity index (χ0v) is 18.7. The summed E-state index contributed by atoms with van der Waals surface area (Å²) in [5.41, 5.74) is 6.89. The zero-order valence-electron chi connectivity index (χ0n) is 18.7. The van der Waals surface area contributed by atoms with E-state index < -0.39 is 5.97 Å². The highest BCUT2D eigenvalue weighted by Crippen LogP contribution is 2.46. The molecule has 0 radical (unpaired) electrons. The largest absolute Gasteiger partial charge is 0.504 e. The van der Waals surface area contributed by atoms with Crippen LogP contribution in [0.2, 0.25) is 0 Å². The Morgan fingerprint density at radius 2 is 1.72 bits per heavy atom. The molecule has 0 atom stereocenters. The van der Waals surface area contributed by atoms with Gasteiger partial charge in [-0.3, -0.25) is 4.79 Å². The molecule has 0 bridgehead atoms. The van der Waals surface area contributed by atoms with E-state index >= 15 is 0 Å². The number of aromatic hydroxyl groups is 1. The molecule has 0 aliphatic carbocycles. The highest BCUT2D eigenvalue weighted by molar-refractivity contribution is 5.85. The average molecular weight is 437 g/mol. The molecule has 0 saturated carbocycles. The topological polar surface area (TPSA) is 90.2 Å². The summed E-state index contributed by atoms with van der Waals surface area (Å²) < 4.78 is 18.5. The second-order valence-corrected chi connectivity index (χ2v) is 7.83. The number of carboxylic acid groups (broad SMARTS) is 1. The summed E-state index contributed by atoms with van der Waals surface area (Å²) in [4.78, 5) is 11.5. The fourth-order valence-corrected chi connectivity index (χ4v) is 4.67. The lowest BCUT2D eigenvalue weighted by molar-refractivity contribution is -0.136. The first kappa shape index (κ1) is 21.6. The molecule has 4 rings (SSSR count). The van der Waals surface area contributed by atoms with Crippen molar-refractivity contribution in [2.75, 3.05) is 21.3 Å². The third kappa shape index (κ3) is 3.53. The number of hydrogen-bond acceptors (Lipinski definition) is 5. The van der Waals surface area contributed by atoms with Gasteiger partial charge in [0.25, 0.3) is 0 Å². The maximum absolute atomic E-state index is 11.5. The minimum Gasteiger partial charge on any atom is -0.504 e. The van der Waals surface area contributed by atoms with Gasteiger partial charge in [0.15, 0.2) is 23.0 Å². The Balaban J connectivity index is 1.98. The van der Waals surface area contributed by atoms with E-state index in [0.29, 0.717) is 23.7 Å². The summed E-state index contributed by atoms with van der Waals surface area (Å²) in [6.07, 6.45) is 1.20. The summed E-state index contributed by atoms with van der Waals surface area (Å²) in [6, 6.07) is 9.27. The molecule has 7 heteroatoms. The summed E-state index contributed by atoms with van der Waals surface area (Å²) in [5, 5.41) is 19.8. The molecular weight excluding hydrogens is 410 g/mol. The molecule has 1 aliphatic rings. The number of phenols is 1. The van der Waals surface area contributed by atoms with E-state index in [4.69, 9.17) is 14.2 Å². The SMILES string of the molecule is COc1ccc(-c2c(CCC(=O)O)c3n(c2C)CCc2cc(OC)c(OC)cc2-3)cc1O. The fourth-order valence-electron chi connectivity index (χ4n) is 4.67. The summed E-state index contributed by atoms with van der Waals surface area (Å²) in [5.74, 6) is 0.894. The quantitative estimate of drug-likeness (QED) is 0.568. The Hall–Kier alpha value is -3.61. The molecule has 0 spiro atoms. The van der Waals surface area contributed by atoms with Gasteiger partial charge in [-0.1, -0.05) is 6.07 Å². The molecule has 0 fully saturated rings. The van der Waals surface area contributed by atoms with Crippen molar-refractivity contribution in [3.8, 4) is 45.4 Å². The predicted molar refractivity (Wildman–Crippen MR) is 121 cm³/mol. The van der Waals surface area contributed by atoms with Crippen LogP contribution in [0.3, 0.4) is 0 Å². The summed E-state index contributed by atoms with van der Waals surface area (Å²) >= 11 is 0. The number of benzene rings is 2. The number of ether oxygens (including phenoxy) is 3. The monoisotopic (exact) mass is 437 g/mol. The fraction of sp³-hybridized carbons (Fsp3) is 0.320. The van der Waals surface area contributed by atoms with E-state index in [-0.39, 0.29) is 12.2 Å². The third-order valence-corrected chi connectivity index (χ3v) is 6.15. The Morgan fingerprint density at radius 3 is 2.34 bits per heavy atom. The lowest BCUT2D eigenvalue weighted by atomic mass is 9.91. The zero-order chi connectivity index (χ0) is 23.0. The van der Waals surface area contributed by atoms with E-state index in [9.17, 15) is 15.0 Å². The van der Waals surface area contributed by atoms with Crippen molar-refractivity contribution in [1.29, 1.82) is 0 Å². The van der Waals surface area contributed by atoms with Crippen molar-refractivity contribution in [2.45, 2.75) is 32.7 Å². The molecule has 0 saturated heterocycles. The number of carboxylic acids is 1. The van der Waals surface area contributed by atoms with Crippen LogP contribution in [-0.2, 0) is 24.2 Å². The molecule has 1 aromatic heterocycles. The van der Waals surface area contributed by atoms with E-state index in [1.165, 1.54) is 7.11 Å². The van der Waals surface area contributed by atoms with Crippen LogP contribution < -0.4 is 14.2 Å². The van der Waals surface area contributed by atoms with Gasteiger partial charge in [-0.2, -0.15) is 0 Å². The Kier molecular flexibility index (Phi) is 5.74. The highest BCUT2D eigenvalue weighted by Gasteiger charge is 2.28. The number of fused-ring (bicyclic) bond motifs is 3. The Labute approximate surface area is 186 Å². The number of aryl methyl sites for hydroxylation is 1. The summed E-state index contributed by atoms with van der Waals surface area (Å²) in [6.45, 7) is 2.81. The van der Waals surface area contributed by atoms with Gasteiger partial charge in [0.2, 0.25) is 0 Å². The van der Waals surface area contributed by atoms with Gasteiger partial charge in [0.1, 0.15) is 0 Å². The number of nitrogens with zero attached hydrogens (tertiary/aromatic N) is 1. The van der Waals surface area contributed by atoms with Crippen LogP contribution in [0.5, 0.6) is 23.0 Å². The van der Waals surface area contributed by atoms with E-state index in [2.05, 4.69) is 4.57 Å². The minimum absolute atomic E-state index is 0.00815. The van der Waals surface area contributed by atoms with Gasteiger partial charge < -0.3 is 29.0 Å². The first-order valence-corrected chi connectivity index (χ1v) is 10.5. The van der Waals surface area contributed by atoms with Gasteiger partial charge in [-0.25, -0.2) is 0 Å². The van der Waals surface area contributed by atoms with Crippen molar-refractivity contribution < 1.29 is 29.2 Å². The second kappa shape index (κ2) is 8.49. The summed E-state index contributed by atoms with van der Waals surface area (Å²) in [7, 11) is 4.73. The molecule has 32 heavy (non-hydrogen) atoms. The van der Waals surface area contributed by atoms with Crippen LogP contribution >= 0.6 is 0 Å². The molecule has 0 amide bonds. The van der Waals surface area contributed by atoms with Crippen molar-refractivity contribution in [3.05, 3.63) is 47.2 Å². The molecule has 2 heterocycles. The molecule has 1 aliphatic heterocycles. The normalized spacial score (nSPS) is 12.1. The van der Waals surface area contributed by atoms with Crippen LogP contribution in [-0.4, -0.2) is 42.1 Å². The van der Waals surface area contributed by atoms with Crippen molar-refractivity contribution in [3.63, 3.8) is 0 Å². The van der Waals surface area contributed by atoms with Gasteiger partial charge in [0, 0.05) is 29.8 Å². The first-order valence-electron chi connectivity index (χ1n) is 10.5. The van der Waals surface area contributed by atoms with Gasteiger partial charge in [0.05, 0.1) is 27.0 Å². The smallest absolute Gasteiger partial charge is 0.303 e. The number of aliphatic carboxylic acids is 1. The standard InChI is InChI=1S/C25H27NO6/c1-14-24(16-5-7-20(30-2)19(27)11-16)17(6-8-23(28)29)25-18-13-22(32-4)21(31-3)12-15(18)9-10-26(14)25/h5,7,11-13,27H,6,8-10H2,1-4H3,(H,28,29).